The molecule has 0 aromatic carbocycles. The first kappa shape index (κ1) is 37.2. The molecule has 17 nitrogen and oxygen atoms in total. The Hall–Kier alpha value is -4.28. The van der Waals surface area contributed by atoms with Crippen molar-refractivity contribution < 1.29 is 48.6 Å². The number of carboxylic acids is 2. The molecule has 3 saturated heterocycles. The maximum absolute atomic E-state index is 13.9. The Morgan fingerprint density at radius 1 is 0.702 bits per heavy atom. The quantitative estimate of drug-likeness (QED) is 0.113. The fourth-order valence-electron chi connectivity index (χ4n) is 6.37. The molecule has 3 rings (SSSR count). The number of aliphatic carboxylic acids is 2. The van der Waals surface area contributed by atoms with Gasteiger partial charge in [-0.25, -0.2) is 4.79 Å². The lowest BCUT2D eigenvalue weighted by molar-refractivity contribution is -0.153. The number of nitrogens with one attached hydrogen (secondary N) is 2. The highest BCUT2D eigenvalue weighted by atomic mass is 16.4. The number of amides is 6. The molecule has 0 spiro atoms. The minimum atomic E-state index is -1.36. The topological polar surface area (TPSA) is 263 Å². The van der Waals surface area contributed by atoms with Crippen LogP contribution in [0.1, 0.15) is 78.1 Å². The van der Waals surface area contributed by atoms with Gasteiger partial charge in [-0.2, -0.15) is 0 Å². The number of carboxylic acid groups (broad SMARTS) is 2. The summed E-state index contributed by atoms with van der Waals surface area (Å²) in [6.45, 7) is 4.08. The number of nitrogens with two attached hydrogens (primary N) is 2. The van der Waals surface area contributed by atoms with Gasteiger partial charge in [0.15, 0.2) is 0 Å². The van der Waals surface area contributed by atoms with Gasteiger partial charge in [0.25, 0.3) is 0 Å². The molecule has 0 bridgehead atoms. The highest BCUT2D eigenvalue weighted by Gasteiger charge is 2.46. The number of nitrogens with zero attached hydrogens (tertiary/aromatic N) is 3. The van der Waals surface area contributed by atoms with Crippen molar-refractivity contribution in [3.05, 3.63) is 0 Å². The van der Waals surface area contributed by atoms with Crippen molar-refractivity contribution >= 4 is 47.4 Å². The average Bonchev–Trinajstić information content (AvgIpc) is 3.80. The molecule has 3 aliphatic heterocycles. The third-order valence-electron chi connectivity index (χ3n) is 9.06. The van der Waals surface area contributed by atoms with Crippen molar-refractivity contribution in [2.75, 3.05) is 19.6 Å². The van der Waals surface area contributed by atoms with Gasteiger partial charge in [-0.05, 0) is 57.3 Å². The van der Waals surface area contributed by atoms with E-state index in [4.69, 9.17) is 11.5 Å². The molecule has 6 atom stereocenters. The Bertz CT molecular complexity index is 1240. The van der Waals surface area contributed by atoms with Crippen molar-refractivity contribution in [2.24, 2.45) is 17.4 Å². The number of carbonyl (C=O) groups excluding carboxylic acids is 6. The fraction of sp³-hybridized carbons (Fsp3) is 0.733. The summed E-state index contributed by atoms with van der Waals surface area (Å²) in [5, 5.41) is 23.7. The summed E-state index contributed by atoms with van der Waals surface area (Å²) in [7, 11) is 0. The van der Waals surface area contributed by atoms with E-state index in [1.807, 2.05) is 0 Å². The predicted octanol–water partition coefficient (Wildman–Crippen LogP) is -1.87. The summed E-state index contributed by atoms with van der Waals surface area (Å²) in [6.07, 6.45) is 1.18. The Kier molecular flexibility index (Phi) is 13.1. The predicted molar refractivity (Wildman–Crippen MR) is 164 cm³/mol. The van der Waals surface area contributed by atoms with E-state index in [1.165, 1.54) is 14.7 Å². The van der Waals surface area contributed by atoms with Gasteiger partial charge in [0.05, 0.1) is 6.04 Å². The Balaban J connectivity index is 1.79. The van der Waals surface area contributed by atoms with Gasteiger partial charge < -0.3 is 47.0 Å². The molecule has 47 heavy (non-hydrogen) atoms. The Labute approximate surface area is 272 Å². The van der Waals surface area contributed by atoms with Crippen LogP contribution in [0.5, 0.6) is 0 Å². The second-order valence-corrected chi connectivity index (χ2v) is 12.7. The molecule has 0 aliphatic carbocycles. The number of carbonyl (C=O) groups is 8. The van der Waals surface area contributed by atoms with Crippen LogP contribution in [-0.2, 0) is 38.4 Å². The Morgan fingerprint density at radius 3 is 1.68 bits per heavy atom. The van der Waals surface area contributed by atoms with E-state index in [-0.39, 0.29) is 51.2 Å². The van der Waals surface area contributed by atoms with E-state index in [0.29, 0.717) is 32.1 Å². The molecular weight excluding hydrogens is 618 g/mol. The summed E-state index contributed by atoms with van der Waals surface area (Å²) in [6, 6.07) is -6.47. The van der Waals surface area contributed by atoms with Crippen LogP contribution in [0, 0.1) is 5.92 Å². The van der Waals surface area contributed by atoms with E-state index in [0.717, 1.165) is 0 Å². The molecule has 3 fully saturated rings. The summed E-state index contributed by atoms with van der Waals surface area (Å²) in [4.78, 5) is 106. The van der Waals surface area contributed by atoms with Crippen LogP contribution in [0.15, 0.2) is 0 Å². The SMILES string of the molecule is CC(C)[C@H](N)C(=O)N[C@@H](CCC(=O)O)C(=O)N[C@@H](CCC(N)=O)C(=O)N1CCC[C@H]1C(=O)N1CCC[C@H]1C(=O)N1CCC[C@H]1C(=O)O. The summed E-state index contributed by atoms with van der Waals surface area (Å²) >= 11 is 0. The zero-order valence-corrected chi connectivity index (χ0v) is 26.9. The maximum atomic E-state index is 13.9. The van der Waals surface area contributed by atoms with Gasteiger partial charge in [0.1, 0.15) is 30.2 Å². The molecule has 0 radical (unpaired) electrons. The second-order valence-electron chi connectivity index (χ2n) is 12.7. The number of hydrogen-bond acceptors (Lipinski definition) is 9. The lowest BCUT2D eigenvalue weighted by atomic mass is 10.0. The number of primary amides is 1. The second kappa shape index (κ2) is 16.5. The van der Waals surface area contributed by atoms with E-state index in [1.54, 1.807) is 13.8 Å². The van der Waals surface area contributed by atoms with Crippen LogP contribution in [0.2, 0.25) is 0 Å². The Morgan fingerprint density at radius 2 is 1.17 bits per heavy atom. The van der Waals surface area contributed by atoms with Gasteiger partial charge in [-0.15, -0.1) is 0 Å². The monoisotopic (exact) mass is 665 g/mol. The first-order valence-electron chi connectivity index (χ1n) is 16.1. The maximum Gasteiger partial charge on any atom is 0.326 e. The molecular formula is C30H47N7O10. The number of hydrogen-bond donors (Lipinski definition) is 6. The first-order valence-corrected chi connectivity index (χ1v) is 16.1. The third-order valence-corrected chi connectivity index (χ3v) is 9.06. The number of likely N-dealkylation sites (tertiary alicyclic amines) is 3. The molecule has 0 unspecified atom stereocenters. The van der Waals surface area contributed by atoms with Crippen molar-refractivity contribution in [1.82, 2.24) is 25.3 Å². The lowest BCUT2D eigenvalue weighted by Crippen LogP contribution is -2.59. The van der Waals surface area contributed by atoms with Gasteiger partial charge in [-0.1, -0.05) is 13.8 Å². The van der Waals surface area contributed by atoms with Crippen molar-refractivity contribution in [2.45, 2.75) is 114 Å². The van der Waals surface area contributed by atoms with E-state index in [2.05, 4.69) is 10.6 Å². The first-order chi connectivity index (χ1) is 22.1. The van der Waals surface area contributed by atoms with Crippen LogP contribution in [0.4, 0.5) is 0 Å². The largest absolute Gasteiger partial charge is 0.481 e. The molecule has 3 heterocycles. The highest BCUT2D eigenvalue weighted by Crippen LogP contribution is 2.29. The highest BCUT2D eigenvalue weighted by molar-refractivity contribution is 5.97. The van der Waals surface area contributed by atoms with Crippen LogP contribution in [0.3, 0.4) is 0 Å². The van der Waals surface area contributed by atoms with Crippen LogP contribution in [0.25, 0.3) is 0 Å². The molecule has 0 aromatic rings. The lowest BCUT2D eigenvalue weighted by Gasteiger charge is -2.34. The van der Waals surface area contributed by atoms with Crippen LogP contribution >= 0.6 is 0 Å². The minimum absolute atomic E-state index is 0.153. The molecule has 0 aromatic heterocycles. The van der Waals surface area contributed by atoms with Crippen LogP contribution in [-0.4, -0.2) is 128 Å². The normalized spacial score (nSPS) is 22.9. The van der Waals surface area contributed by atoms with Gasteiger partial charge in [0, 0.05) is 32.5 Å². The van der Waals surface area contributed by atoms with Gasteiger partial charge in [-0.3, -0.25) is 33.6 Å². The standard InChI is InChI=1S/C30H47N7O10/c1-16(2)24(32)26(42)33-17(10-12-23(39)40)25(41)34-18(9-11-22(31)38)27(43)35-13-3-6-19(35)28(44)36-14-4-7-20(36)29(45)37-15-5-8-21(37)30(46)47/h16-21,24H,3-15,32H2,1-2H3,(H2,31,38)(H,33,42)(H,34,41)(H,39,40)(H,46,47)/t17-,18-,19-,20-,21-,24-/m0/s1. The number of rotatable bonds is 15. The molecule has 6 amide bonds. The summed E-state index contributed by atoms with van der Waals surface area (Å²) in [5.41, 5.74) is 11.2. The zero-order chi connectivity index (χ0) is 35.0. The molecule has 262 valence electrons. The van der Waals surface area contributed by atoms with Crippen molar-refractivity contribution in [1.29, 1.82) is 0 Å². The van der Waals surface area contributed by atoms with E-state index < -0.39 is 90.1 Å². The van der Waals surface area contributed by atoms with Gasteiger partial charge >= 0.3 is 11.9 Å². The smallest absolute Gasteiger partial charge is 0.326 e. The van der Waals surface area contributed by atoms with E-state index in [9.17, 15) is 48.6 Å². The average molecular weight is 666 g/mol. The molecule has 17 heteroatoms. The summed E-state index contributed by atoms with van der Waals surface area (Å²) < 4.78 is 0. The molecule has 0 saturated carbocycles. The zero-order valence-electron chi connectivity index (χ0n) is 26.9. The van der Waals surface area contributed by atoms with Gasteiger partial charge in [0.2, 0.25) is 35.4 Å². The fourth-order valence-corrected chi connectivity index (χ4v) is 6.37. The van der Waals surface area contributed by atoms with Crippen molar-refractivity contribution in [3.8, 4) is 0 Å². The third kappa shape index (κ3) is 9.39. The molecule has 3 aliphatic rings. The summed E-state index contributed by atoms with van der Waals surface area (Å²) in [5.74, 6) is -6.48. The minimum Gasteiger partial charge on any atom is -0.481 e. The van der Waals surface area contributed by atoms with Crippen molar-refractivity contribution in [3.63, 3.8) is 0 Å². The molecule has 8 N–H and O–H groups in total. The van der Waals surface area contributed by atoms with Crippen LogP contribution < -0.4 is 22.1 Å². The van der Waals surface area contributed by atoms with E-state index >= 15 is 0 Å².